The zero-order chi connectivity index (χ0) is 12.6. The van der Waals surface area contributed by atoms with Crippen LogP contribution in [0.25, 0.3) is 0 Å². The Balaban J connectivity index is 1.80. The first-order valence-corrected chi connectivity index (χ1v) is 6.71. The lowest BCUT2D eigenvalue weighted by Crippen LogP contribution is -2.47. The molecule has 2 aliphatic rings. The van der Waals surface area contributed by atoms with Gasteiger partial charge in [0.25, 0.3) is 0 Å². The van der Waals surface area contributed by atoms with Crippen molar-refractivity contribution in [3.05, 3.63) is 35.4 Å². The van der Waals surface area contributed by atoms with Crippen LogP contribution in [0.1, 0.15) is 36.8 Å². The molecule has 2 heteroatoms. The third-order valence-corrected chi connectivity index (χ3v) is 3.96. The van der Waals surface area contributed by atoms with Gasteiger partial charge >= 0.3 is 0 Å². The normalized spacial score (nSPS) is 33.9. The lowest BCUT2D eigenvalue weighted by molar-refractivity contribution is 0.0480. The van der Waals surface area contributed by atoms with Gasteiger partial charge in [-0.25, -0.2) is 0 Å². The van der Waals surface area contributed by atoms with Crippen LogP contribution < -0.4 is 5.32 Å². The molecule has 18 heavy (non-hydrogen) atoms. The molecule has 0 amide bonds. The van der Waals surface area contributed by atoms with Crippen LogP contribution in [-0.4, -0.2) is 22.8 Å². The molecule has 2 nitrogen and oxygen atoms in total. The van der Waals surface area contributed by atoms with Gasteiger partial charge in [-0.1, -0.05) is 24.0 Å². The number of aryl methyl sites for hydroxylation is 1. The standard InChI is InChI=1S/C16H19NO/c1-12-3-2-4-13(9-12)7-8-16(18)10-14-5-6-15(11-16)17-14/h2-4,9,14-15,17-18H,5-6,10-11H2,1H3. The van der Waals surface area contributed by atoms with Crippen LogP contribution in [0.15, 0.2) is 24.3 Å². The van der Waals surface area contributed by atoms with Crippen LogP contribution in [0.4, 0.5) is 0 Å². The maximum Gasteiger partial charge on any atom is 0.128 e. The van der Waals surface area contributed by atoms with Crippen LogP contribution in [0.3, 0.4) is 0 Å². The Labute approximate surface area is 108 Å². The summed E-state index contributed by atoms with van der Waals surface area (Å²) < 4.78 is 0. The average Bonchev–Trinajstić information content (AvgIpc) is 2.67. The summed E-state index contributed by atoms with van der Waals surface area (Å²) in [6, 6.07) is 9.05. The molecule has 3 rings (SSSR count). The molecule has 94 valence electrons. The van der Waals surface area contributed by atoms with Crippen molar-refractivity contribution in [2.75, 3.05) is 0 Å². The fraction of sp³-hybridized carbons (Fsp3) is 0.500. The SMILES string of the molecule is Cc1cccc(C#CC2(O)CC3CCC(C2)N3)c1. The number of rotatable bonds is 0. The van der Waals surface area contributed by atoms with Crippen molar-refractivity contribution < 1.29 is 5.11 Å². The van der Waals surface area contributed by atoms with E-state index in [1.54, 1.807) is 0 Å². The fourth-order valence-corrected chi connectivity index (χ4v) is 3.14. The summed E-state index contributed by atoms with van der Waals surface area (Å²) in [4.78, 5) is 0. The fourth-order valence-electron chi connectivity index (χ4n) is 3.14. The lowest BCUT2D eigenvalue weighted by Gasteiger charge is -2.33. The third-order valence-electron chi connectivity index (χ3n) is 3.96. The molecule has 2 bridgehead atoms. The average molecular weight is 241 g/mol. The van der Waals surface area contributed by atoms with Gasteiger partial charge in [-0.2, -0.15) is 0 Å². The van der Waals surface area contributed by atoms with Crippen molar-refractivity contribution in [2.24, 2.45) is 0 Å². The van der Waals surface area contributed by atoms with E-state index in [0.717, 1.165) is 18.4 Å². The van der Waals surface area contributed by atoms with Crippen LogP contribution >= 0.6 is 0 Å². The summed E-state index contributed by atoms with van der Waals surface area (Å²) >= 11 is 0. The predicted molar refractivity (Wildman–Crippen MR) is 72.2 cm³/mol. The minimum Gasteiger partial charge on any atom is -0.377 e. The van der Waals surface area contributed by atoms with Gasteiger partial charge in [0.1, 0.15) is 5.60 Å². The number of aliphatic hydroxyl groups is 1. The topological polar surface area (TPSA) is 32.3 Å². The van der Waals surface area contributed by atoms with Crippen molar-refractivity contribution in [3.63, 3.8) is 0 Å². The van der Waals surface area contributed by atoms with Crippen LogP contribution in [-0.2, 0) is 0 Å². The first-order chi connectivity index (χ1) is 8.63. The lowest BCUT2D eigenvalue weighted by atomic mass is 9.88. The maximum atomic E-state index is 10.6. The number of fused-ring (bicyclic) bond motifs is 2. The molecule has 0 aliphatic carbocycles. The summed E-state index contributed by atoms with van der Waals surface area (Å²) in [5.74, 6) is 6.24. The summed E-state index contributed by atoms with van der Waals surface area (Å²) in [5, 5.41) is 14.1. The maximum absolute atomic E-state index is 10.6. The Bertz CT molecular complexity index is 499. The van der Waals surface area contributed by atoms with Crippen LogP contribution in [0.2, 0.25) is 0 Å². The van der Waals surface area contributed by atoms with E-state index in [1.165, 1.54) is 18.4 Å². The molecular weight excluding hydrogens is 222 g/mol. The van der Waals surface area contributed by atoms with Crippen LogP contribution in [0, 0.1) is 18.8 Å². The molecule has 2 fully saturated rings. The highest BCUT2D eigenvalue weighted by atomic mass is 16.3. The van der Waals surface area contributed by atoms with Gasteiger partial charge in [0, 0.05) is 30.5 Å². The first kappa shape index (κ1) is 11.8. The number of hydrogen-bond donors (Lipinski definition) is 2. The van der Waals surface area contributed by atoms with Gasteiger partial charge in [0.05, 0.1) is 0 Å². The second kappa shape index (κ2) is 4.42. The molecule has 2 aliphatic heterocycles. The zero-order valence-electron chi connectivity index (χ0n) is 10.7. The van der Waals surface area contributed by atoms with E-state index < -0.39 is 5.60 Å². The van der Waals surface area contributed by atoms with Crippen LogP contribution in [0.5, 0.6) is 0 Å². The second-order valence-corrected chi connectivity index (χ2v) is 5.70. The minimum absolute atomic E-state index is 0.459. The Kier molecular flexibility index (Phi) is 2.89. The van der Waals surface area contributed by atoms with E-state index in [0.29, 0.717) is 12.1 Å². The molecular formula is C16H19NO. The van der Waals surface area contributed by atoms with Gasteiger partial charge in [0.15, 0.2) is 0 Å². The number of benzene rings is 1. The number of piperidine rings is 1. The van der Waals surface area contributed by atoms with Gasteiger partial charge in [-0.3, -0.25) is 0 Å². The molecule has 2 unspecified atom stereocenters. The van der Waals surface area contributed by atoms with Crippen molar-refractivity contribution in [1.82, 2.24) is 5.32 Å². The second-order valence-electron chi connectivity index (χ2n) is 5.70. The quantitative estimate of drug-likeness (QED) is 0.681. The monoisotopic (exact) mass is 241 g/mol. The van der Waals surface area contributed by atoms with E-state index >= 15 is 0 Å². The summed E-state index contributed by atoms with van der Waals surface area (Å²) in [6.45, 7) is 2.06. The molecule has 0 aromatic heterocycles. The molecule has 1 aromatic rings. The molecule has 2 heterocycles. The highest BCUT2D eigenvalue weighted by Crippen LogP contribution is 2.33. The van der Waals surface area contributed by atoms with E-state index in [-0.39, 0.29) is 0 Å². The molecule has 2 saturated heterocycles. The Morgan fingerprint density at radius 3 is 2.67 bits per heavy atom. The van der Waals surface area contributed by atoms with E-state index in [4.69, 9.17) is 0 Å². The predicted octanol–water partition coefficient (Wildman–Crippen LogP) is 1.99. The summed E-state index contributed by atoms with van der Waals surface area (Å²) in [7, 11) is 0. The molecule has 2 atom stereocenters. The van der Waals surface area contributed by atoms with Gasteiger partial charge in [-0.15, -0.1) is 0 Å². The molecule has 0 saturated carbocycles. The smallest absolute Gasteiger partial charge is 0.128 e. The van der Waals surface area contributed by atoms with E-state index in [2.05, 4.69) is 36.2 Å². The Hall–Kier alpha value is -1.30. The summed E-state index contributed by atoms with van der Waals surface area (Å²) in [6.07, 6.45) is 3.89. The Morgan fingerprint density at radius 2 is 2.00 bits per heavy atom. The Morgan fingerprint density at radius 1 is 1.28 bits per heavy atom. The highest BCUT2D eigenvalue weighted by molar-refractivity contribution is 5.38. The van der Waals surface area contributed by atoms with Crippen molar-refractivity contribution in [2.45, 2.75) is 50.3 Å². The largest absolute Gasteiger partial charge is 0.377 e. The van der Waals surface area contributed by atoms with Gasteiger partial charge in [0.2, 0.25) is 0 Å². The first-order valence-electron chi connectivity index (χ1n) is 6.71. The number of nitrogens with one attached hydrogen (secondary N) is 1. The molecule has 2 N–H and O–H groups in total. The summed E-state index contributed by atoms with van der Waals surface area (Å²) in [5.41, 5.74) is 1.41. The van der Waals surface area contributed by atoms with E-state index in [9.17, 15) is 5.11 Å². The minimum atomic E-state index is -0.791. The third kappa shape index (κ3) is 2.43. The van der Waals surface area contributed by atoms with E-state index in [1.807, 2.05) is 12.1 Å². The van der Waals surface area contributed by atoms with Crippen molar-refractivity contribution in [3.8, 4) is 11.8 Å². The highest BCUT2D eigenvalue weighted by Gasteiger charge is 2.41. The molecule has 1 aromatic carbocycles. The van der Waals surface area contributed by atoms with Gasteiger partial charge < -0.3 is 10.4 Å². The van der Waals surface area contributed by atoms with Crippen molar-refractivity contribution in [1.29, 1.82) is 0 Å². The van der Waals surface area contributed by atoms with Gasteiger partial charge in [-0.05, 0) is 37.5 Å². The molecule has 0 radical (unpaired) electrons. The zero-order valence-corrected chi connectivity index (χ0v) is 10.7. The van der Waals surface area contributed by atoms with Crippen molar-refractivity contribution >= 4 is 0 Å². The number of hydrogen-bond acceptors (Lipinski definition) is 2. The molecule has 0 spiro atoms.